The fraction of sp³-hybridized carbons (Fsp3) is 0.286. The third-order valence-corrected chi connectivity index (χ3v) is 4.80. The summed E-state index contributed by atoms with van der Waals surface area (Å²) in [5.74, 6) is 1.29. The molecule has 1 amide bonds. The molecule has 8 heteroatoms. The summed E-state index contributed by atoms with van der Waals surface area (Å²) in [6.45, 7) is 1.86. The quantitative estimate of drug-likeness (QED) is 0.818. The smallest absolute Gasteiger partial charge is 0.234 e. The molecule has 22 heavy (non-hydrogen) atoms. The predicted octanol–water partition coefficient (Wildman–Crippen LogP) is 2.47. The Morgan fingerprint density at radius 3 is 2.82 bits per heavy atom. The SMILES string of the molecule is Cc1nnc(SCC(=O)Nc2ccccc2SCC#N)n1C. The summed E-state index contributed by atoms with van der Waals surface area (Å²) in [4.78, 5) is 13.0. The minimum atomic E-state index is -0.115. The Morgan fingerprint density at radius 1 is 1.36 bits per heavy atom. The molecule has 0 saturated heterocycles. The van der Waals surface area contributed by atoms with E-state index in [9.17, 15) is 4.79 Å². The van der Waals surface area contributed by atoms with Crippen molar-refractivity contribution in [2.75, 3.05) is 16.8 Å². The van der Waals surface area contributed by atoms with Crippen LogP contribution < -0.4 is 5.32 Å². The van der Waals surface area contributed by atoms with Crippen molar-refractivity contribution in [2.45, 2.75) is 17.0 Å². The van der Waals surface area contributed by atoms with Gasteiger partial charge in [-0.3, -0.25) is 4.79 Å². The van der Waals surface area contributed by atoms with E-state index in [0.29, 0.717) is 10.9 Å². The number of hydrogen-bond donors (Lipinski definition) is 1. The van der Waals surface area contributed by atoms with Gasteiger partial charge >= 0.3 is 0 Å². The van der Waals surface area contributed by atoms with Crippen molar-refractivity contribution >= 4 is 35.1 Å². The Kier molecular flexibility index (Phi) is 5.86. The van der Waals surface area contributed by atoms with Crippen molar-refractivity contribution in [2.24, 2.45) is 7.05 Å². The van der Waals surface area contributed by atoms with Gasteiger partial charge in [0.05, 0.1) is 23.3 Å². The van der Waals surface area contributed by atoms with Crippen LogP contribution in [0, 0.1) is 18.3 Å². The average molecular weight is 333 g/mol. The van der Waals surface area contributed by atoms with Crippen molar-refractivity contribution < 1.29 is 4.79 Å². The van der Waals surface area contributed by atoms with Gasteiger partial charge in [-0.15, -0.1) is 22.0 Å². The second-order valence-electron chi connectivity index (χ2n) is 4.37. The average Bonchev–Trinajstić information content (AvgIpc) is 2.84. The normalized spacial score (nSPS) is 10.2. The zero-order valence-electron chi connectivity index (χ0n) is 12.2. The zero-order valence-corrected chi connectivity index (χ0v) is 13.9. The lowest BCUT2D eigenvalue weighted by Crippen LogP contribution is -2.15. The monoisotopic (exact) mass is 333 g/mol. The van der Waals surface area contributed by atoms with Gasteiger partial charge in [0.15, 0.2) is 5.16 Å². The van der Waals surface area contributed by atoms with E-state index in [0.717, 1.165) is 16.4 Å². The van der Waals surface area contributed by atoms with Gasteiger partial charge in [-0.2, -0.15) is 5.26 Å². The molecule has 1 N–H and O–H groups in total. The number of nitrogens with zero attached hydrogens (tertiary/aromatic N) is 4. The molecule has 6 nitrogen and oxygen atoms in total. The third kappa shape index (κ3) is 4.26. The summed E-state index contributed by atoms with van der Waals surface area (Å²) in [7, 11) is 1.86. The molecule has 0 saturated carbocycles. The summed E-state index contributed by atoms with van der Waals surface area (Å²) in [5, 5.41) is 20.2. The number of carbonyl (C=O) groups excluding carboxylic acids is 1. The van der Waals surface area contributed by atoms with E-state index < -0.39 is 0 Å². The molecule has 0 aliphatic carbocycles. The maximum absolute atomic E-state index is 12.1. The van der Waals surface area contributed by atoms with Crippen LogP contribution in [0.3, 0.4) is 0 Å². The molecule has 0 fully saturated rings. The number of hydrogen-bond acceptors (Lipinski definition) is 6. The third-order valence-electron chi connectivity index (χ3n) is 2.84. The Morgan fingerprint density at radius 2 is 2.14 bits per heavy atom. The highest BCUT2D eigenvalue weighted by Gasteiger charge is 2.11. The van der Waals surface area contributed by atoms with Crippen molar-refractivity contribution in [1.82, 2.24) is 14.8 Å². The van der Waals surface area contributed by atoms with Crippen LogP contribution in [0.5, 0.6) is 0 Å². The first-order valence-electron chi connectivity index (χ1n) is 6.49. The number of benzene rings is 1. The fourth-order valence-electron chi connectivity index (χ4n) is 1.64. The highest BCUT2D eigenvalue weighted by Crippen LogP contribution is 2.27. The van der Waals surface area contributed by atoms with E-state index in [2.05, 4.69) is 21.6 Å². The summed E-state index contributed by atoms with van der Waals surface area (Å²) < 4.78 is 1.84. The van der Waals surface area contributed by atoms with Crippen molar-refractivity contribution in [3.05, 3.63) is 30.1 Å². The molecule has 0 radical (unpaired) electrons. The van der Waals surface area contributed by atoms with Gasteiger partial charge in [0.2, 0.25) is 5.91 Å². The first-order valence-corrected chi connectivity index (χ1v) is 8.46. The number of rotatable bonds is 6. The molecule has 114 valence electrons. The summed E-state index contributed by atoms with van der Waals surface area (Å²) in [5.41, 5.74) is 0.725. The molecule has 0 aliphatic rings. The van der Waals surface area contributed by atoms with Crippen LogP contribution in [-0.4, -0.2) is 32.2 Å². The molecule has 1 aromatic carbocycles. The minimum absolute atomic E-state index is 0.115. The lowest BCUT2D eigenvalue weighted by atomic mass is 10.3. The lowest BCUT2D eigenvalue weighted by Gasteiger charge is -2.09. The number of thioether (sulfide) groups is 2. The molecule has 0 unspecified atom stereocenters. The predicted molar refractivity (Wildman–Crippen MR) is 87.9 cm³/mol. The highest BCUT2D eigenvalue weighted by molar-refractivity contribution is 8.00. The van der Waals surface area contributed by atoms with Crippen molar-refractivity contribution in [3.63, 3.8) is 0 Å². The van der Waals surface area contributed by atoms with Crippen LogP contribution in [0.2, 0.25) is 0 Å². The number of nitriles is 1. The maximum Gasteiger partial charge on any atom is 0.234 e. The van der Waals surface area contributed by atoms with Crippen LogP contribution in [0.25, 0.3) is 0 Å². The number of aryl methyl sites for hydroxylation is 1. The van der Waals surface area contributed by atoms with E-state index in [1.807, 2.05) is 42.8 Å². The van der Waals surface area contributed by atoms with Gasteiger partial charge in [-0.1, -0.05) is 23.9 Å². The van der Waals surface area contributed by atoms with Crippen LogP contribution in [0.1, 0.15) is 5.82 Å². The Hall–Kier alpha value is -1.98. The molecular weight excluding hydrogens is 318 g/mol. The molecule has 0 spiro atoms. The Labute approximate surface area is 137 Å². The van der Waals surface area contributed by atoms with E-state index in [-0.39, 0.29) is 11.7 Å². The fourth-order valence-corrected chi connectivity index (χ4v) is 3.06. The van der Waals surface area contributed by atoms with Crippen molar-refractivity contribution in [3.8, 4) is 6.07 Å². The van der Waals surface area contributed by atoms with E-state index in [4.69, 9.17) is 5.26 Å². The van der Waals surface area contributed by atoms with Gasteiger partial charge in [-0.25, -0.2) is 0 Å². The number of anilines is 1. The molecule has 2 rings (SSSR count). The van der Waals surface area contributed by atoms with E-state index >= 15 is 0 Å². The van der Waals surface area contributed by atoms with E-state index in [1.165, 1.54) is 23.5 Å². The van der Waals surface area contributed by atoms with Crippen LogP contribution in [0.4, 0.5) is 5.69 Å². The summed E-state index contributed by atoms with van der Waals surface area (Å²) in [6.07, 6.45) is 0. The number of carbonyl (C=O) groups is 1. The minimum Gasteiger partial charge on any atom is -0.324 e. The summed E-state index contributed by atoms with van der Waals surface area (Å²) in [6, 6.07) is 9.53. The lowest BCUT2D eigenvalue weighted by molar-refractivity contribution is -0.113. The topological polar surface area (TPSA) is 83.6 Å². The molecule has 2 aromatic rings. The first kappa shape index (κ1) is 16.4. The number of aromatic nitrogens is 3. The molecule has 0 aliphatic heterocycles. The van der Waals surface area contributed by atoms with E-state index in [1.54, 1.807) is 0 Å². The first-order chi connectivity index (χ1) is 10.6. The molecular formula is C14H15N5OS2. The van der Waals surface area contributed by atoms with Crippen LogP contribution >= 0.6 is 23.5 Å². The maximum atomic E-state index is 12.1. The summed E-state index contributed by atoms with van der Waals surface area (Å²) >= 11 is 2.74. The Bertz CT molecular complexity index is 707. The molecule has 1 aromatic heterocycles. The molecule has 1 heterocycles. The number of amides is 1. The van der Waals surface area contributed by atoms with Gasteiger partial charge in [0, 0.05) is 11.9 Å². The Balaban J connectivity index is 1.95. The second kappa shape index (κ2) is 7.87. The van der Waals surface area contributed by atoms with Crippen LogP contribution in [0.15, 0.2) is 34.3 Å². The zero-order chi connectivity index (χ0) is 15.9. The van der Waals surface area contributed by atoms with Crippen LogP contribution in [-0.2, 0) is 11.8 Å². The highest BCUT2D eigenvalue weighted by atomic mass is 32.2. The second-order valence-corrected chi connectivity index (χ2v) is 6.33. The standard InChI is InChI=1S/C14H15N5OS2/c1-10-17-18-14(19(10)2)22-9-13(20)16-11-5-3-4-6-12(11)21-8-7-15/h3-6H,8-9H2,1-2H3,(H,16,20). The van der Waals surface area contributed by atoms with Gasteiger partial charge in [0.1, 0.15) is 5.82 Å². The van der Waals surface area contributed by atoms with Crippen molar-refractivity contribution in [1.29, 1.82) is 5.26 Å². The molecule has 0 atom stereocenters. The van der Waals surface area contributed by atoms with Gasteiger partial charge in [0.25, 0.3) is 0 Å². The van der Waals surface area contributed by atoms with Gasteiger partial charge in [-0.05, 0) is 19.1 Å². The molecule has 0 bridgehead atoms. The number of nitrogens with one attached hydrogen (secondary N) is 1. The van der Waals surface area contributed by atoms with Gasteiger partial charge < -0.3 is 9.88 Å². The largest absolute Gasteiger partial charge is 0.324 e. The number of para-hydroxylation sites is 1.